The lowest BCUT2D eigenvalue weighted by Crippen LogP contribution is -2.42. The van der Waals surface area contributed by atoms with Crippen molar-refractivity contribution in [1.29, 1.82) is 0 Å². The Balaban J connectivity index is 1.54. The number of hydrogen-bond acceptors (Lipinski definition) is 6. The minimum absolute atomic E-state index is 0.213. The maximum Gasteiger partial charge on any atom is 0.224 e. The van der Waals surface area contributed by atoms with Crippen molar-refractivity contribution in [2.45, 2.75) is 12.8 Å². The fourth-order valence-corrected chi connectivity index (χ4v) is 3.08. The zero-order chi connectivity index (χ0) is 18.8. The Labute approximate surface area is 157 Å². The van der Waals surface area contributed by atoms with Crippen LogP contribution in [0, 0.1) is 0 Å². The molecule has 150 valence electrons. The van der Waals surface area contributed by atoms with Crippen molar-refractivity contribution in [3.63, 3.8) is 0 Å². The summed E-state index contributed by atoms with van der Waals surface area (Å²) in [5.41, 5.74) is 0. The Kier molecular flexibility index (Phi) is 9.31. The molecule has 2 aliphatic heterocycles. The molecule has 0 aromatic heterocycles. The summed E-state index contributed by atoms with van der Waals surface area (Å²) in [4.78, 5) is 32.4. The molecule has 2 amide bonds. The van der Waals surface area contributed by atoms with Crippen molar-refractivity contribution in [2.24, 2.45) is 0 Å². The second-order valence-corrected chi connectivity index (χ2v) is 7.09. The summed E-state index contributed by atoms with van der Waals surface area (Å²) in [6.07, 6.45) is 1.10. The molecular formula is C18H34N4O4. The van der Waals surface area contributed by atoms with Crippen LogP contribution in [0.5, 0.6) is 0 Å². The molecule has 2 aliphatic rings. The molecule has 8 nitrogen and oxygen atoms in total. The highest BCUT2D eigenvalue weighted by atomic mass is 16.5. The molecular weight excluding hydrogens is 336 g/mol. The van der Waals surface area contributed by atoms with Crippen LogP contribution in [0.15, 0.2) is 0 Å². The minimum Gasteiger partial charge on any atom is -0.378 e. The summed E-state index contributed by atoms with van der Waals surface area (Å²) < 4.78 is 10.6. The molecule has 0 aromatic carbocycles. The van der Waals surface area contributed by atoms with Gasteiger partial charge in [-0.15, -0.1) is 0 Å². The van der Waals surface area contributed by atoms with Gasteiger partial charge in [0.15, 0.2) is 0 Å². The first-order valence-electron chi connectivity index (χ1n) is 9.64. The van der Waals surface area contributed by atoms with Gasteiger partial charge in [0.2, 0.25) is 11.8 Å². The number of morpholine rings is 2. The van der Waals surface area contributed by atoms with Crippen molar-refractivity contribution in [2.75, 3.05) is 92.9 Å². The third kappa shape index (κ3) is 7.57. The molecule has 2 saturated heterocycles. The average Bonchev–Trinajstić information content (AvgIpc) is 2.69. The summed E-state index contributed by atoms with van der Waals surface area (Å²) in [6, 6.07) is 0. The Morgan fingerprint density at radius 3 is 1.38 bits per heavy atom. The number of hydrogen-bond donors (Lipinski definition) is 0. The van der Waals surface area contributed by atoms with E-state index in [2.05, 4.69) is 9.80 Å². The molecule has 0 aromatic rings. The number of amides is 2. The first-order chi connectivity index (χ1) is 12.6. The van der Waals surface area contributed by atoms with Gasteiger partial charge >= 0.3 is 0 Å². The van der Waals surface area contributed by atoms with E-state index in [1.807, 2.05) is 23.9 Å². The van der Waals surface area contributed by atoms with Gasteiger partial charge in [0.25, 0.3) is 0 Å². The second-order valence-electron chi connectivity index (χ2n) is 7.09. The van der Waals surface area contributed by atoms with Crippen LogP contribution in [-0.4, -0.2) is 124 Å². The molecule has 2 fully saturated rings. The number of ether oxygens (including phenoxy) is 2. The Bertz CT molecular complexity index is 397. The molecule has 0 bridgehead atoms. The molecule has 8 heteroatoms. The highest BCUT2D eigenvalue weighted by molar-refractivity contribution is 5.76. The van der Waals surface area contributed by atoms with Crippen LogP contribution in [0.3, 0.4) is 0 Å². The van der Waals surface area contributed by atoms with Crippen LogP contribution in [0.1, 0.15) is 12.8 Å². The number of carbonyl (C=O) groups is 2. The van der Waals surface area contributed by atoms with Gasteiger partial charge in [-0.25, -0.2) is 0 Å². The maximum atomic E-state index is 12.2. The van der Waals surface area contributed by atoms with Gasteiger partial charge in [-0.2, -0.15) is 0 Å². The molecule has 26 heavy (non-hydrogen) atoms. The molecule has 2 rings (SSSR count). The van der Waals surface area contributed by atoms with Crippen molar-refractivity contribution in [3.8, 4) is 0 Å². The lowest BCUT2D eigenvalue weighted by atomic mass is 10.3. The van der Waals surface area contributed by atoms with Gasteiger partial charge < -0.3 is 29.1 Å². The predicted molar refractivity (Wildman–Crippen MR) is 99.0 cm³/mol. The highest BCUT2D eigenvalue weighted by Gasteiger charge is 2.18. The maximum absolute atomic E-state index is 12.2. The van der Waals surface area contributed by atoms with E-state index in [-0.39, 0.29) is 11.8 Å². The first kappa shape index (κ1) is 21.1. The summed E-state index contributed by atoms with van der Waals surface area (Å²) in [5, 5.41) is 0. The lowest BCUT2D eigenvalue weighted by Gasteiger charge is -2.28. The molecule has 0 saturated carbocycles. The van der Waals surface area contributed by atoms with E-state index in [1.54, 1.807) is 0 Å². The number of likely N-dealkylation sites (N-methyl/N-ethyl adjacent to an activating group) is 2. The number of rotatable bonds is 9. The van der Waals surface area contributed by atoms with E-state index in [4.69, 9.17) is 9.47 Å². The smallest absolute Gasteiger partial charge is 0.224 e. The minimum atomic E-state index is 0.213. The van der Waals surface area contributed by atoms with Crippen LogP contribution >= 0.6 is 0 Å². The third-order valence-corrected chi connectivity index (χ3v) is 5.01. The van der Waals surface area contributed by atoms with E-state index in [0.29, 0.717) is 65.4 Å². The predicted octanol–water partition coefficient (Wildman–Crippen LogP) is -0.652. The molecule has 0 N–H and O–H groups in total. The highest BCUT2D eigenvalue weighted by Crippen LogP contribution is 2.03. The van der Waals surface area contributed by atoms with Crippen LogP contribution < -0.4 is 0 Å². The third-order valence-electron chi connectivity index (χ3n) is 5.01. The van der Waals surface area contributed by atoms with Gasteiger partial charge in [0, 0.05) is 65.2 Å². The summed E-state index contributed by atoms with van der Waals surface area (Å²) in [6.45, 7) is 8.73. The second kappa shape index (κ2) is 11.5. The largest absolute Gasteiger partial charge is 0.378 e. The normalized spacial score (nSPS) is 18.6. The number of nitrogens with zero attached hydrogens (tertiary/aromatic N) is 4. The monoisotopic (exact) mass is 370 g/mol. The molecule has 0 atom stereocenters. The van der Waals surface area contributed by atoms with Gasteiger partial charge in [-0.1, -0.05) is 0 Å². The number of carbonyl (C=O) groups excluding carboxylic acids is 2. The Morgan fingerprint density at radius 1 is 0.692 bits per heavy atom. The van der Waals surface area contributed by atoms with Gasteiger partial charge in [0.05, 0.1) is 26.4 Å². The van der Waals surface area contributed by atoms with E-state index < -0.39 is 0 Å². The van der Waals surface area contributed by atoms with Crippen molar-refractivity contribution in [3.05, 3.63) is 0 Å². The van der Waals surface area contributed by atoms with Crippen molar-refractivity contribution < 1.29 is 19.1 Å². The molecule has 0 unspecified atom stereocenters. The zero-order valence-electron chi connectivity index (χ0n) is 16.3. The van der Waals surface area contributed by atoms with E-state index in [0.717, 1.165) is 26.2 Å². The van der Waals surface area contributed by atoms with Crippen molar-refractivity contribution in [1.82, 2.24) is 19.6 Å². The van der Waals surface area contributed by atoms with Gasteiger partial charge in [-0.3, -0.25) is 9.59 Å². The van der Waals surface area contributed by atoms with Crippen molar-refractivity contribution >= 4 is 11.8 Å². The SMILES string of the molecule is CN(CCC(=O)N1CCOCC1)CCN(C)CCC(=O)N1CCOCC1. The summed E-state index contributed by atoms with van der Waals surface area (Å²) in [5.74, 6) is 0.425. The topological polar surface area (TPSA) is 65.6 Å². The van der Waals surface area contributed by atoms with Crippen LogP contribution in [0.2, 0.25) is 0 Å². The molecule has 0 spiro atoms. The first-order valence-corrected chi connectivity index (χ1v) is 9.64. The fourth-order valence-electron chi connectivity index (χ4n) is 3.08. The van der Waals surface area contributed by atoms with E-state index in [1.165, 1.54) is 0 Å². The Hall–Kier alpha value is -1.22. The summed E-state index contributed by atoms with van der Waals surface area (Å²) >= 11 is 0. The summed E-state index contributed by atoms with van der Waals surface area (Å²) in [7, 11) is 4.08. The molecule has 0 radical (unpaired) electrons. The zero-order valence-corrected chi connectivity index (χ0v) is 16.3. The average molecular weight is 370 g/mol. The molecule has 0 aliphatic carbocycles. The molecule has 2 heterocycles. The van der Waals surface area contributed by atoms with E-state index >= 15 is 0 Å². The van der Waals surface area contributed by atoms with Gasteiger partial charge in [0.1, 0.15) is 0 Å². The van der Waals surface area contributed by atoms with Crippen LogP contribution in [0.4, 0.5) is 0 Å². The van der Waals surface area contributed by atoms with Crippen LogP contribution in [0.25, 0.3) is 0 Å². The quantitative estimate of drug-likeness (QED) is 0.537. The van der Waals surface area contributed by atoms with Crippen LogP contribution in [-0.2, 0) is 19.1 Å². The van der Waals surface area contributed by atoms with E-state index in [9.17, 15) is 9.59 Å². The lowest BCUT2D eigenvalue weighted by molar-refractivity contribution is -0.136. The Morgan fingerprint density at radius 2 is 1.04 bits per heavy atom. The standard InChI is InChI=1S/C18H34N4O4/c1-19(5-3-17(23)21-9-13-25-14-10-21)7-8-20(2)6-4-18(24)22-11-15-26-16-12-22/h3-16H2,1-2H3. The van der Waals surface area contributed by atoms with Gasteiger partial charge in [-0.05, 0) is 14.1 Å². The fraction of sp³-hybridized carbons (Fsp3) is 0.889.